The lowest BCUT2D eigenvalue weighted by molar-refractivity contribution is 0.102. The number of amides is 1. The molecule has 1 saturated heterocycles. The average molecular weight is 478 g/mol. The largest absolute Gasteiger partial charge is 0.372 e. The molecular weight excluding hydrogens is 446 g/mol. The van der Waals surface area contributed by atoms with Gasteiger partial charge in [-0.1, -0.05) is 18.2 Å². The van der Waals surface area contributed by atoms with Gasteiger partial charge in [0.25, 0.3) is 15.9 Å². The fourth-order valence-electron chi connectivity index (χ4n) is 4.19. The van der Waals surface area contributed by atoms with E-state index < -0.39 is 10.0 Å². The van der Waals surface area contributed by atoms with Crippen LogP contribution in [0.15, 0.2) is 65.6 Å². The van der Waals surface area contributed by atoms with Gasteiger partial charge in [0.1, 0.15) is 0 Å². The molecule has 34 heavy (non-hydrogen) atoms. The van der Waals surface area contributed by atoms with E-state index in [1.54, 1.807) is 25.1 Å². The maximum atomic E-state index is 13.2. The molecule has 3 aromatic rings. The van der Waals surface area contributed by atoms with Crippen LogP contribution < -0.4 is 14.9 Å². The summed E-state index contributed by atoms with van der Waals surface area (Å²) in [5, 5.41) is 2.88. The van der Waals surface area contributed by atoms with Gasteiger partial charge in [0.2, 0.25) is 0 Å². The lowest BCUT2D eigenvalue weighted by Crippen LogP contribution is -2.29. The fourth-order valence-corrected chi connectivity index (χ4v) is 5.58. The van der Waals surface area contributed by atoms with Crippen molar-refractivity contribution in [3.05, 3.63) is 82.9 Å². The highest BCUT2D eigenvalue weighted by molar-refractivity contribution is 7.92. The Labute approximate surface area is 202 Å². The van der Waals surface area contributed by atoms with E-state index in [0.29, 0.717) is 16.9 Å². The number of aryl methyl sites for hydroxylation is 3. The van der Waals surface area contributed by atoms with Gasteiger partial charge in [-0.15, -0.1) is 0 Å². The van der Waals surface area contributed by atoms with E-state index in [9.17, 15) is 13.2 Å². The summed E-state index contributed by atoms with van der Waals surface area (Å²) in [6, 6.07) is 18.1. The van der Waals surface area contributed by atoms with Crippen LogP contribution in [0.3, 0.4) is 0 Å². The zero-order chi connectivity index (χ0) is 24.3. The number of hydrogen-bond donors (Lipinski definition) is 2. The number of carbonyl (C=O) groups is 1. The number of sulfonamides is 1. The summed E-state index contributed by atoms with van der Waals surface area (Å²) < 4.78 is 29.0. The smallest absolute Gasteiger partial charge is 0.262 e. The maximum Gasteiger partial charge on any atom is 0.262 e. The summed E-state index contributed by atoms with van der Waals surface area (Å²) in [5.41, 5.74) is 4.99. The zero-order valence-electron chi connectivity index (χ0n) is 19.9. The van der Waals surface area contributed by atoms with Crippen molar-refractivity contribution in [3.63, 3.8) is 0 Å². The number of rotatable bonds is 6. The Hall–Kier alpha value is -3.32. The molecule has 0 bridgehead atoms. The zero-order valence-corrected chi connectivity index (χ0v) is 20.7. The standard InChI is InChI=1S/C27H31N3O3S/c1-19-7-8-20(2)25(17-19)29-34(32,33)26-18-22(10-9-21(26)3)27(31)28-23-11-13-24(14-12-23)30-15-5-4-6-16-30/h7-14,17-18,29H,4-6,15-16H2,1-3H3,(H,28,31). The number of hydrogen-bond acceptors (Lipinski definition) is 4. The lowest BCUT2D eigenvalue weighted by Gasteiger charge is -2.28. The summed E-state index contributed by atoms with van der Waals surface area (Å²) >= 11 is 0. The summed E-state index contributed by atoms with van der Waals surface area (Å²) in [6.45, 7) is 7.60. The quantitative estimate of drug-likeness (QED) is 0.481. The molecule has 178 valence electrons. The van der Waals surface area contributed by atoms with Crippen LogP contribution in [0.4, 0.5) is 17.1 Å². The van der Waals surface area contributed by atoms with Gasteiger partial charge < -0.3 is 10.2 Å². The highest BCUT2D eigenvalue weighted by Crippen LogP contribution is 2.25. The van der Waals surface area contributed by atoms with Crippen LogP contribution in [0.2, 0.25) is 0 Å². The minimum absolute atomic E-state index is 0.0847. The molecule has 0 spiro atoms. The molecule has 1 heterocycles. The number of carbonyl (C=O) groups excluding carboxylic acids is 1. The first-order valence-corrected chi connectivity index (χ1v) is 13.1. The fraction of sp³-hybridized carbons (Fsp3) is 0.296. The van der Waals surface area contributed by atoms with Crippen molar-refractivity contribution in [2.24, 2.45) is 0 Å². The molecule has 1 amide bonds. The first-order chi connectivity index (χ1) is 16.2. The number of benzene rings is 3. The molecule has 1 aliphatic heterocycles. The van der Waals surface area contributed by atoms with Gasteiger partial charge in [0.15, 0.2) is 0 Å². The molecule has 0 atom stereocenters. The van der Waals surface area contributed by atoms with Crippen molar-refractivity contribution < 1.29 is 13.2 Å². The topological polar surface area (TPSA) is 78.5 Å². The van der Waals surface area contributed by atoms with Gasteiger partial charge in [-0.25, -0.2) is 8.42 Å². The van der Waals surface area contributed by atoms with Crippen molar-refractivity contribution >= 4 is 33.0 Å². The Morgan fingerprint density at radius 3 is 2.21 bits per heavy atom. The third-order valence-electron chi connectivity index (χ3n) is 6.22. The third kappa shape index (κ3) is 5.42. The predicted octanol–water partition coefficient (Wildman–Crippen LogP) is 5.66. The average Bonchev–Trinajstić information content (AvgIpc) is 2.82. The Bertz CT molecular complexity index is 1300. The molecule has 2 N–H and O–H groups in total. The molecule has 0 unspecified atom stereocenters. The Morgan fingerprint density at radius 1 is 0.824 bits per heavy atom. The minimum Gasteiger partial charge on any atom is -0.372 e. The van der Waals surface area contributed by atoms with Crippen molar-refractivity contribution in [3.8, 4) is 0 Å². The van der Waals surface area contributed by atoms with E-state index in [1.165, 1.54) is 25.3 Å². The van der Waals surface area contributed by atoms with E-state index in [1.807, 2.05) is 50.2 Å². The highest BCUT2D eigenvalue weighted by atomic mass is 32.2. The van der Waals surface area contributed by atoms with E-state index in [-0.39, 0.29) is 16.4 Å². The third-order valence-corrected chi connectivity index (χ3v) is 7.73. The Morgan fingerprint density at radius 2 is 1.50 bits per heavy atom. The van der Waals surface area contributed by atoms with Gasteiger partial charge >= 0.3 is 0 Å². The summed E-state index contributed by atoms with van der Waals surface area (Å²) in [6.07, 6.45) is 3.68. The van der Waals surface area contributed by atoms with Gasteiger partial charge in [0, 0.05) is 30.0 Å². The molecule has 7 heteroatoms. The second-order valence-corrected chi connectivity index (χ2v) is 10.6. The molecular formula is C27H31N3O3S. The van der Waals surface area contributed by atoms with Crippen LogP contribution in [0.25, 0.3) is 0 Å². The lowest BCUT2D eigenvalue weighted by atomic mass is 10.1. The predicted molar refractivity (Wildman–Crippen MR) is 138 cm³/mol. The first-order valence-electron chi connectivity index (χ1n) is 11.6. The van der Waals surface area contributed by atoms with Crippen LogP contribution >= 0.6 is 0 Å². The van der Waals surface area contributed by atoms with Crippen molar-refractivity contribution in [2.75, 3.05) is 28.0 Å². The number of piperidine rings is 1. The Balaban J connectivity index is 1.52. The van der Waals surface area contributed by atoms with Gasteiger partial charge in [-0.05, 0) is 99.2 Å². The summed E-state index contributed by atoms with van der Waals surface area (Å²) in [5.74, 6) is -0.353. The molecule has 3 aromatic carbocycles. The highest BCUT2D eigenvalue weighted by Gasteiger charge is 2.20. The second kappa shape index (κ2) is 9.89. The van der Waals surface area contributed by atoms with Crippen LogP contribution in [-0.2, 0) is 10.0 Å². The molecule has 0 saturated carbocycles. The van der Waals surface area contributed by atoms with Crippen molar-refractivity contribution in [1.82, 2.24) is 0 Å². The molecule has 4 rings (SSSR count). The molecule has 6 nitrogen and oxygen atoms in total. The molecule has 0 aliphatic carbocycles. The van der Waals surface area contributed by atoms with E-state index in [2.05, 4.69) is 14.9 Å². The molecule has 1 aliphatic rings. The summed E-state index contributed by atoms with van der Waals surface area (Å²) in [7, 11) is -3.87. The van der Waals surface area contributed by atoms with Crippen LogP contribution in [0, 0.1) is 20.8 Å². The number of nitrogens with one attached hydrogen (secondary N) is 2. The SMILES string of the molecule is Cc1ccc(C)c(NS(=O)(=O)c2cc(C(=O)Nc3ccc(N4CCCCC4)cc3)ccc2C)c1. The molecule has 0 radical (unpaired) electrons. The van der Waals surface area contributed by atoms with Crippen LogP contribution in [0.1, 0.15) is 46.3 Å². The van der Waals surface area contributed by atoms with Crippen molar-refractivity contribution in [2.45, 2.75) is 44.9 Å². The van der Waals surface area contributed by atoms with Gasteiger partial charge in [0.05, 0.1) is 10.6 Å². The van der Waals surface area contributed by atoms with E-state index >= 15 is 0 Å². The van der Waals surface area contributed by atoms with E-state index in [0.717, 1.165) is 29.9 Å². The van der Waals surface area contributed by atoms with Gasteiger partial charge in [-0.2, -0.15) is 0 Å². The Kier molecular flexibility index (Phi) is 6.93. The normalized spacial score (nSPS) is 14.0. The molecule has 0 aromatic heterocycles. The van der Waals surface area contributed by atoms with Crippen LogP contribution in [-0.4, -0.2) is 27.4 Å². The number of anilines is 3. The monoisotopic (exact) mass is 477 g/mol. The van der Waals surface area contributed by atoms with E-state index in [4.69, 9.17) is 0 Å². The second-order valence-electron chi connectivity index (χ2n) is 8.95. The molecule has 1 fully saturated rings. The van der Waals surface area contributed by atoms with Crippen molar-refractivity contribution in [1.29, 1.82) is 0 Å². The number of nitrogens with zero attached hydrogens (tertiary/aromatic N) is 1. The minimum atomic E-state index is -3.87. The first kappa shape index (κ1) is 23.8. The summed E-state index contributed by atoms with van der Waals surface area (Å²) in [4.78, 5) is 15.4. The maximum absolute atomic E-state index is 13.2. The van der Waals surface area contributed by atoms with Crippen LogP contribution in [0.5, 0.6) is 0 Å². The van der Waals surface area contributed by atoms with Gasteiger partial charge in [-0.3, -0.25) is 9.52 Å².